The Morgan fingerprint density at radius 3 is 1.36 bits per heavy atom. The molecule has 2 heterocycles. The molecule has 10 aromatic carbocycles. The molecule has 0 saturated heterocycles. The van der Waals surface area contributed by atoms with Crippen LogP contribution in [0.25, 0.3) is 87.6 Å². The standard InChI is InChI=1S/C57H37N3O/c1-3-13-36(14-4-1)42-26-29-50-51-30-27-44(35-54(51)61-53(50)34-42)57-59-55(37-15-5-2-6-16-37)58-56(60-57)43-20-12-19-40(32-43)38-17-11-18-39(31-38)41-25-28-49-47-23-8-7-21-45(47)46-22-9-10-24-48(46)52(49)33-41/h1-35,56H,(H,58,59,60). The van der Waals surface area contributed by atoms with Crippen molar-refractivity contribution >= 4 is 65.9 Å². The minimum absolute atomic E-state index is 0.460. The highest BCUT2D eigenvalue weighted by molar-refractivity contribution is 6.26. The second kappa shape index (κ2) is 14.3. The molecular weight excluding hydrogens is 743 g/mol. The number of rotatable bonds is 6. The van der Waals surface area contributed by atoms with Crippen molar-refractivity contribution in [2.45, 2.75) is 6.17 Å². The molecule has 4 nitrogen and oxygen atoms in total. The van der Waals surface area contributed by atoms with Gasteiger partial charge >= 0.3 is 0 Å². The largest absolute Gasteiger partial charge is 0.456 e. The molecule has 0 spiro atoms. The van der Waals surface area contributed by atoms with Crippen molar-refractivity contribution < 1.29 is 4.42 Å². The molecule has 1 N–H and O–H groups in total. The number of fused-ring (bicyclic) bond motifs is 9. The molecule has 61 heavy (non-hydrogen) atoms. The third kappa shape index (κ3) is 6.16. The molecule has 1 unspecified atom stereocenters. The Hall–Kier alpha value is -8.08. The van der Waals surface area contributed by atoms with Gasteiger partial charge in [0.1, 0.15) is 22.8 Å². The number of nitrogens with zero attached hydrogens (tertiary/aromatic N) is 2. The van der Waals surface area contributed by atoms with Crippen LogP contribution < -0.4 is 5.32 Å². The fourth-order valence-electron chi connectivity index (χ4n) is 9.07. The predicted octanol–water partition coefficient (Wildman–Crippen LogP) is 14.5. The van der Waals surface area contributed by atoms with Crippen LogP contribution in [-0.2, 0) is 0 Å². The second-order valence-electron chi connectivity index (χ2n) is 15.8. The van der Waals surface area contributed by atoms with E-state index < -0.39 is 6.17 Å². The molecule has 0 amide bonds. The summed E-state index contributed by atoms with van der Waals surface area (Å²) >= 11 is 0. The van der Waals surface area contributed by atoms with Crippen LogP contribution in [0.4, 0.5) is 0 Å². The Kier molecular flexibility index (Phi) is 8.20. The molecule has 12 rings (SSSR count). The number of benzene rings is 10. The molecule has 0 saturated carbocycles. The van der Waals surface area contributed by atoms with Gasteiger partial charge in [0.15, 0.2) is 6.17 Å². The fraction of sp³-hybridized carbons (Fsp3) is 0.0175. The molecule has 1 atom stereocenters. The zero-order chi connectivity index (χ0) is 40.3. The van der Waals surface area contributed by atoms with Crippen molar-refractivity contribution in [3.63, 3.8) is 0 Å². The van der Waals surface area contributed by atoms with Crippen LogP contribution in [0.1, 0.15) is 22.9 Å². The predicted molar refractivity (Wildman–Crippen MR) is 254 cm³/mol. The molecule has 286 valence electrons. The van der Waals surface area contributed by atoms with E-state index in [1.807, 2.05) is 24.3 Å². The molecular formula is C57H37N3O. The highest BCUT2D eigenvalue weighted by Crippen LogP contribution is 2.39. The first-order chi connectivity index (χ1) is 30.2. The van der Waals surface area contributed by atoms with Crippen molar-refractivity contribution in [2.75, 3.05) is 0 Å². The first kappa shape index (κ1) is 34.9. The summed E-state index contributed by atoms with van der Waals surface area (Å²) in [4.78, 5) is 10.5. The minimum atomic E-state index is -0.460. The van der Waals surface area contributed by atoms with Crippen LogP contribution in [0.15, 0.2) is 227 Å². The summed E-state index contributed by atoms with van der Waals surface area (Å²) in [5.41, 5.74) is 11.5. The van der Waals surface area contributed by atoms with Crippen molar-refractivity contribution in [2.24, 2.45) is 9.98 Å². The number of hydrogen-bond donors (Lipinski definition) is 1. The van der Waals surface area contributed by atoms with Gasteiger partial charge in [0.25, 0.3) is 0 Å². The van der Waals surface area contributed by atoms with Crippen LogP contribution in [0.3, 0.4) is 0 Å². The normalized spacial score (nSPS) is 14.1. The van der Waals surface area contributed by atoms with Crippen LogP contribution >= 0.6 is 0 Å². The molecule has 1 aliphatic heterocycles. The lowest BCUT2D eigenvalue weighted by Gasteiger charge is -2.22. The molecule has 1 aliphatic rings. The van der Waals surface area contributed by atoms with Crippen LogP contribution in [0.5, 0.6) is 0 Å². The van der Waals surface area contributed by atoms with Gasteiger partial charge in [-0.15, -0.1) is 0 Å². The lowest BCUT2D eigenvalue weighted by Crippen LogP contribution is -2.36. The Morgan fingerprint density at radius 2 is 0.721 bits per heavy atom. The fourth-order valence-corrected chi connectivity index (χ4v) is 9.07. The smallest absolute Gasteiger partial charge is 0.169 e. The van der Waals surface area contributed by atoms with E-state index in [4.69, 9.17) is 14.4 Å². The summed E-state index contributed by atoms with van der Waals surface area (Å²) < 4.78 is 6.52. The summed E-state index contributed by atoms with van der Waals surface area (Å²) in [5.74, 6) is 1.52. The van der Waals surface area contributed by atoms with Crippen molar-refractivity contribution in [3.05, 3.63) is 229 Å². The Bertz CT molecular complexity index is 3530. The third-order valence-corrected chi connectivity index (χ3v) is 12.1. The average molecular weight is 780 g/mol. The van der Waals surface area contributed by atoms with E-state index in [9.17, 15) is 0 Å². The van der Waals surface area contributed by atoms with Gasteiger partial charge in [0, 0.05) is 21.9 Å². The van der Waals surface area contributed by atoms with E-state index in [-0.39, 0.29) is 0 Å². The maximum atomic E-state index is 6.52. The van der Waals surface area contributed by atoms with Gasteiger partial charge in [0.05, 0.1) is 0 Å². The van der Waals surface area contributed by atoms with Crippen LogP contribution in [-0.4, -0.2) is 11.7 Å². The molecule has 11 aromatic rings. The van der Waals surface area contributed by atoms with Gasteiger partial charge in [-0.1, -0.05) is 170 Å². The van der Waals surface area contributed by atoms with Gasteiger partial charge in [-0.05, 0) is 114 Å². The lowest BCUT2D eigenvalue weighted by atomic mass is 9.91. The monoisotopic (exact) mass is 779 g/mol. The van der Waals surface area contributed by atoms with E-state index in [1.54, 1.807) is 0 Å². The Morgan fingerprint density at radius 1 is 0.295 bits per heavy atom. The Balaban J connectivity index is 0.913. The van der Waals surface area contributed by atoms with Gasteiger partial charge < -0.3 is 9.73 Å². The van der Waals surface area contributed by atoms with Gasteiger partial charge in [-0.3, -0.25) is 0 Å². The minimum Gasteiger partial charge on any atom is -0.456 e. The zero-order valence-corrected chi connectivity index (χ0v) is 33.1. The highest BCUT2D eigenvalue weighted by atomic mass is 16.3. The molecule has 1 aromatic heterocycles. The van der Waals surface area contributed by atoms with Gasteiger partial charge in [0.2, 0.25) is 0 Å². The van der Waals surface area contributed by atoms with Gasteiger partial charge in [-0.2, -0.15) is 0 Å². The van der Waals surface area contributed by atoms with E-state index in [0.29, 0.717) is 0 Å². The van der Waals surface area contributed by atoms with Crippen LogP contribution in [0, 0.1) is 0 Å². The third-order valence-electron chi connectivity index (χ3n) is 12.1. The lowest BCUT2D eigenvalue weighted by molar-refractivity contribution is 0.669. The maximum absolute atomic E-state index is 6.52. The van der Waals surface area contributed by atoms with Gasteiger partial charge in [-0.25, -0.2) is 9.98 Å². The molecule has 0 bridgehead atoms. The van der Waals surface area contributed by atoms with E-state index in [2.05, 4.69) is 193 Å². The number of furan rings is 1. The van der Waals surface area contributed by atoms with E-state index in [1.165, 1.54) is 43.4 Å². The quantitative estimate of drug-likeness (QED) is 0.171. The summed E-state index contributed by atoms with van der Waals surface area (Å²) in [7, 11) is 0. The Labute approximate surface area is 352 Å². The van der Waals surface area contributed by atoms with Crippen LogP contribution in [0.2, 0.25) is 0 Å². The zero-order valence-electron chi connectivity index (χ0n) is 33.1. The number of nitrogens with one attached hydrogen (secondary N) is 1. The highest BCUT2D eigenvalue weighted by Gasteiger charge is 2.22. The summed E-state index contributed by atoms with van der Waals surface area (Å²) in [6.45, 7) is 0. The molecule has 0 aliphatic carbocycles. The number of hydrogen-bond acceptors (Lipinski definition) is 4. The van der Waals surface area contributed by atoms with E-state index >= 15 is 0 Å². The molecule has 0 fully saturated rings. The first-order valence-electron chi connectivity index (χ1n) is 20.7. The summed E-state index contributed by atoms with van der Waals surface area (Å²) in [6.07, 6.45) is -0.460. The van der Waals surface area contributed by atoms with Crippen molar-refractivity contribution in [1.29, 1.82) is 0 Å². The topological polar surface area (TPSA) is 49.9 Å². The number of amidine groups is 2. The summed E-state index contributed by atoms with van der Waals surface area (Å²) in [5, 5.41) is 13.4. The van der Waals surface area contributed by atoms with E-state index in [0.717, 1.165) is 72.6 Å². The molecule has 4 heteroatoms. The van der Waals surface area contributed by atoms with Crippen molar-refractivity contribution in [3.8, 4) is 33.4 Å². The maximum Gasteiger partial charge on any atom is 0.169 e. The first-order valence-corrected chi connectivity index (χ1v) is 20.7. The van der Waals surface area contributed by atoms with Crippen molar-refractivity contribution in [1.82, 2.24) is 5.32 Å². The summed E-state index contributed by atoms with van der Waals surface area (Å²) in [6, 6.07) is 75.4. The number of aliphatic imine (C=N–C) groups is 2. The SMILES string of the molecule is c1ccc(C2=NC(c3cccc(-c4cccc(-c5ccc6c7ccccc7c7ccccc7c6c5)c4)c3)N=C(c3ccc4c(c3)oc3cc(-c5ccccc5)ccc34)N2)cc1. The average Bonchev–Trinajstić information content (AvgIpc) is 3.72. The second-order valence-corrected chi connectivity index (χ2v) is 15.8. The molecule has 0 radical (unpaired) electrons.